The number of ether oxygens (including phenoxy) is 3. The first-order valence-corrected chi connectivity index (χ1v) is 7.10. The van der Waals surface area contributed by atoms with E-state index in [1.165, 1.54) is 0 Å². The third-order valence-electron chi connectivity index (χ3n) is 2.62. The number of rotatable bonds is 11. The molecule has 0 aromatic carbocycles. The van der Waals surface area contributed by atoms with Crippen molar-refractivity contribution in [3.63, 3.8) is 0 Å². The number of hydrogen-bond acceptors (Lipinski definition) is 5. The summed E-state index contributed by atoms with van der Waals surface area (Å²) in [6.45, 7) is 7.61. The van der Waals surface area contributed by atoms with Crippen molar-refractivity contribution in [2.24, 2.45) is 0 Å². The molecule has 5 heteroatoms. The molecular weight excluding hydrogens is 256 g/mol. The molecule has 0 radical (unpaired) electrons. The van der Waals surface area contributed by atoms with E-state index in [0.29, 0.717) is 32.5 Å². The number of nitrogens with zero attached hydrogens (tertiary/aromatic N) is 1. The second-order valence-corrected chi connectivity index (χ2v) is 4.83. The van der Waals surface area contributed by atoms with Crippen molar-refractivity contribution in [2.45, 2.75) is 32.9 Å². The molecule has 0 bridgehead atoms. The second kappa shape index (κ2) is 10.6. The van der Waals surface area contributed by atoms with Gasteiger partial charge >= 0.3 is 0 Å². The summed E-state index contributed by atoms with van der Waals surface area (Å²) in [4.78, 5) is 4.35. The molecule has 0 saturated heterocycles. The summed E-state index contributed by atoms with van der Waals surface area (Å²) in [7, 11) is 1.67. The maximum Gasteiger partial charge on any atom is 0.137 e. The minimum Gasteiger partial charge on any atom is -0.492 e. The van der Waals surface area contributed by atoms with Crippen LogP contribution >= 0.6 is 0 Å². The smallest absolute Gasteiger partial charge is 0.137 e. The van der Waals surface area contributed by atoms with Gasteiger partial charge in [0.2, 0.25) is 0 Å². The molecule has 1 rings (SSSR count). The number of pyridine rings is 1. The van der Waals surface area contributed by atoms with Crippen LogP contribution in [0.5, 0.6) is 5.75 Å². The van der Waals surface area contributed by atoms with Gasteiger partial charge in [-0.1, -0.05) is 13.8 Å². The number of nitrogens with one attached hydrogen (secondary N) is 1. The maximum atomic E-state index is 5.60. The van der Waals surface area contributed by atoms with Crippen molar-refractivity contribution in [2.75, 3.05) is 33.5 Å². The fourth-order valence-electron chi connectivity index (χ4n) is 1.50. The average Bonchev–Trinajstić information content (AvgIpc) is 2.45. The zero-order valence-electron chi connectivity index (χ0n) is 12.7. The standard InChI is InChI=1S/C15H26N2O3/c1-13(2)16-11-14-5-6-15(12-17-14)20-8-4-7-19-10-9-18-3/h5-6,12-13,16H,4,7-11H2,1-3H3. The van der Waals surface area contributed by atoms with Gasteiger partial charge < -0.3 is 19.5 Å². The zero-order valence-corrected chi connectivity index (χ0v) is 12.7. The second-order valence-electron chi connectivity index (χ2n) is 4.83. The molecule has 1 N–H and O–H groups in total. The predicted molar refractivity (Wildman–Crippen MR) is 79.0 cm³/mol. The Labute approximate surface area is 121 Å². The van der Waals surface area contributed by atoms with Crippen LogP contribution in [0, 0.1) is 0 Å². The van der Waals surface area contributed by atoms with Gasteiger partial charge in [0.05, 0.1) is 31.7 Å². The highest BCUT2D eigenvalue weighted by Gasteiger charge is 1.99. The molecule has 0 unspecified atom stereocenters. The molecule has 0 aliphatic heterocycles. The largest absolute Gasteiger partial charge is 0.492 e. The zero-order chi connectivity index (χ0) is 14.6. The summed E-state index contributed by atoms with van der Waals surface area (Å²) in [6, 6.07) is 4.40. The molecule has 5 nitrogen and oxygen atoms in total. The van der Waals surface area contributed by atoms with E-state index in [4.69, 9.17) is 14.2 Å². The van der Waals surface area contributed by atoms with Gasteiger partial charge in [0.15, 0.2) is 0 Å². The third-order valence-corrected chi connectivity index (χ3v) is 2.62. The molecule has 0 atom stereocenters. The summed E-state index contributed by atoms with van der Waals surface area (Å²) in [5.41, 5.74) is 1.02. The van der Waals surface area contributed by atoms with E-state index in [1.54, 1.807) is 13.3 Å². The first kappa shape index (κ1) is 16.9. The maximum absolute atomic E-state index is 5.60. The highest BCUT2D eigenvalue weighted by molar-refractivity contribution is 5.19. The van der Waals surface area contributed by atoms with Crippen LogP contribution in [-0.4, -0.2) is 44.6 Å². The van der Waals surface area contributed by atoms with Gasteiger partial charge in [-0.3, -0.25) is 4.98 Å². The summed E-state index contributed by atoms with van der Waals surface area (Å²) in [5, 5.41) is 3.33. The molecular formula is C15H26N2O3. The van der Waals surface area contributed by atoms with Crippen LogP contribution < -0.4 is 10.1 Å². The van der Waals surface area contributed by atoms with E-state index >= 15 is 0 Å². The molecule has 1 aromatic rings. The highest BCUT2D eigenvalue weighted by atomic mass is 16.5. The molecule has 0 saturated carbocycles. The highest BCUT2D eigenvalue weighted by Crippen LogP contribution is 2.09. The van der Waals surface area contributed by atoms with Crippen molar-refractivity contribution in [1.29, 1.82) is 0 Å². The lowest BCUT2D eigenvalue weighted by molar-refractivity contribution is 0.0644. The van der Waals surface area contributed by atoms with Crippen LogP contribution in [0.3, 0.4) is 0 Å². The molecule has 0 fully saturated rings. The Morgan fingerprint density at radius 3 is 2.65 bits per heavy atom. The lowest BCUT2D eigenvalue weighted by atomic mass is 10.3. The molecule has 114 valence electrons. The molecule has 1 heterocycles. The fourth-order valence-corrected chi connectivity index (χ4v) is 1.50. The van der Waals surface area contributed by atoms with Gasteiger partial charge in [0, 0.05) is 32.7 Å². The Kier molecular flexibility index (Phi) is 8.95. The summed E-state index contributed by atoms with van der Waals surface area (Å²) in [6.07, 6.45) is 2.63. The van der Waals surface area contributed by atoms with Crippen molar-refractivity contribution in [1.82, 2.24) is 10.3 Å². The van der Waals surface area contributed by atoms with Gasteiger partial charge in [-0.25, -0.2) is 0 Å². The van der Waals surface area contributed by atoms with Gasteiger partial charge in [-0.2, -0.15) is 0 Å². The van der Waals surface area contributed by atoms with Crippen LogP contribution in [0.4, 0.5) is 0 Å². The summed E-state index contributed by atoms with van der Waals surface area (Å²) >= 11 is 0. The predicted octanol–water partition coefficient (Wildman–Crippen LogP) is 2.01. The number of aromatic nitrogens is 1. The van der Waals surface area contributed by atoms with Crippen LogP contribution in [0.2, 0.25) is 0 Å². The quantitative estimate of drug-likeness (QED) is 0.629. The average molecular weight is 282 g/mol. The third kappa shape index (κ3) is 8.09. The van der Waals surface area contributed by atoms with E-state index in [2.05, 4.69) is 24.1 Å². The summed E-state index contributed by atoms with van der Waals surface area (Å²) < 4.78 is 15.8. The van der Waals surface area contributed by atoms with E-state index in [1.807, 2.05) is 12.1 Å². The lowest BCUT2D eigenvalue weighted by Crippen LogP contribution is -2.22. The summed E-state index contributed by atoms with van der Waals surface area (Å²) in [5.74, 6) is 0.801. The Morgan fingerprint density at radius 1 is 1.15 bits per heavy atom. The van der Waals surface area contributed by atoms with E-state index in [-0.39, 0.29) is 0 Å². The Morgan fingerprint density at radius 2 is 2.00 bits per heavy atom. The SMILES string of the molecule is COCCOCCCOc1ccc(CNC(C)C)nc1. The van der Waals surface area contributed by atoms with Crippen molar-refractivity contribution in [3.05, 3.63) is 24.0 Å². The monoisotopic (exact) mass is 282 g/mol. The van der Waals surface area contributed by atoms with Crippen molar-refractivity contribution >= 4 is 0 Å². The normalized spacial score (nSPS) is 11.0. The Hall–Kier alpha value is -1.17. The van der Waals surface area contributed by atoms with Crippen LogP contribution in [0.25, 0.3) is 0 Å². The topological polar surface area (TPSA) is 52.6 Å². The first-order chi connectivity index (χ1) is 9.72. The molecule has 0 amide bonds. The lowest BCUT2D eigenvalue weighted by Gasteiger charge is -2.09. The van der Waals surface area contributed by atoms with Crippen LogP contribution in [0.1, 0.15) is 26.0 Å². The molecule has 20 heavy (non-hydrogen) atoms. The van der Waals surface area contributed by atoms with Gasteiger partial charge in [-0.05, 0) is 12.1 Å². The Balaban J connectivity index is 2.12. The van der Waals surface area contributed by atoms with Crippen molar-refractivity contribution in [3.8, 4) is 5.75 Å². The minimum atomic E-state index is 0.464. The van der Waals surface area contributed by atoms with Gasteiger partial charge in [0.25, 0.3) is 0 Å². The molecule has 1 aromatic heterocycles. The van der Waals surface area contributed by atoms with Gasteiger partial charge in [-0.15, -0.1) is 0 Å². The first-order valence-electron chi connectivity index (χ1n) is 7.10. The van der Waals surface area contributed by atoms with Gasteiger partial charge in [0.1, 0.15) is 5.75 Å². The molecule has 0 aliphatic carbocycles. The Bertz CT molecular complexity index is 341. The van der Waals surface area contributed by atoms with E-state index in [0.717, 1.165) is 24.4 Å². The van der Waals surface area contributed by atoms with Crippen LogP contribution in [-0.2, 0) is 16.0 Å². The van der Waals surface area contributed by atoms with Crippen molar-refractivity contribution < 1.29 is 14.2 Å². The fraction of sp³-hybridized carbons (Fsp3) is 0.667. The number of hydrogen-bond donors (Lipinski definition) is 1. The number of methoxy groups -OCH3 is 1. The van der Waals surface area contributed by atoms with E-state index < -0.39 is 0 Å². The molecule has 0 spiro atoms. The van der Waals surface area contributed by atoms with Crippen LogP contribution in [0.15, 0.2) is 18.3 Å². The molecule has 0 aliphatic rings. The minimum absolute atomic E-state index is 0.464. The van der Waals surface area contributed by atoms with E-state index in [9.17, 15) is 0 Å².